The van der Waals surface area contributed by atoms with E-state index in [4.69, 9.17) is 19.3 Å². The number of rotatable bonds is 6. The van der Waals surface area contributed by atoms with Gasteiger partial charge < -0.3 is 29.5 Å². The first-order valence-electron chi connectivity index (χ1n) is 8.25. The Morgan fingerprint density at radius 1 is 1.07 bits per heavy atom. The summed E-state index contributed by atoms with van der Waals surface area (Å²) in [6.07, 6.45) is 1.42. The van der Waals surface area contributed by atoms with Crippen LogP contribution in [0.3, 0.4) is 0 Å². The van der Waals surface area contributed by atoms with Gasteiger partial charge in [-0.15, -0.1) is 0 Å². The highest BCUT2D eigenvalue weighted by molar-refractivity contribution is 5.86. The molecule has 146 valence electrons. The van der Waals surface area contributed by atoms with E-state index in [9.17, 15) is 19.8 Å². The number of fused-ring (bicyclic) bond motifs is 1. The maximum atomic E-state index is 12.0. The standard InChI is InChI=1S/C20H18O8/c1-26-14-9-11(4-5-13(14)21)18-17(20(24)25)12-7-10(3-6-16(22)23)8-15(27-2)19(12)28-18/h3-9,17-18,21H,1-2H3,(H,22,23)(H,24,25)/b6-3+/t17-,18+/m0/s1. The third-order valence-electron chi connectivity index (χ3n) is 4.43. The lowest BCUT2D eigenvalue weighted by Gasteiger charge is -2.17. The van der Waals surface area contributed by atoms with Crippen molar-refractivity contribution in [2.24, 2.45) is 0 Å². The molecular formula is C20H18O8. The molecule has 28 heavy (non-hydrogen) atoms. The quantitative estimate of drug-likeness (QED) is 0.648. The molecule has 0 saturated carbocycles. The summed E-state index contributed by atoms with van der Waals surface area (Å²) in [6.45, 7) is 0. The minimum atomic E-state index is -1.13. The van der Waals surface area contributed by atoms with E-state index in [0.717, 1.165) is 6.08 Å². The normalized spacial score (nSPS) is 17.8. The number of hydrogen-bond acceptors (Lipinski definition) is 6. The van der Waals surface area contributed by atoms with Crippen LogP contribution in [0.5, 0.6) is 23.0 Å². The smallest absolute Gasteiger partial charge is 0.328 e. The van der Waals surface area contributed by atoms with Crippen LogP contribution < -0.4 is 14.2 Å². The monoisotopic (exact) mass is 386 g/mol. The van der Waals surface area contributed by atoms with E-state index in [2.05, 4.69) is 0 Å². The lowest BCUT2D eigenvalue weighted by atomic mass is 9.90. The Morgan fingerprint density at radius 2 is 1.79 bits per heavy atom. The SMILES string of the molecule is COc1cc([C@H]2Oc3c(OC)cc(/C=C/C(=O)O)cc3[C@@H]2C(=O)O)ccc1O. The van der Waals surface area contributed by atoms with Gasteiger partial charge in [0, 0.05) is 11.6 Å². The highest BCUT2D eigenvalue weighted by Crippen LogP contribution is 2.51. The number of aliphatic carboxylic acids is 2. The van der Waals surface area contributed by atoms with Crippen LogP contribution in [-0.4, -0.2) is 41.5 Å². The fourth-order valence-electron chi connectivity index (χ4n) is 3.17. The van der Waals surface area contributed by atoms with Gasteiger partial charge in [-0.1, -0.05) is 6.07 Å². The predicted octanol–water partition coefficient (Wildman–Crippen LogP) is 2.81. The van der Waals surface area contributed by atoms with Gasteiger partial charge in [0.05, 0.1) is 14.2 Å². The molecule has 0 aliphatic carbocycles. The first-order chi connectivity index (χ1) is 13.3. The Labute approximate surface area is 160 Å². The molecule has 0 fully saturated rings. The maximum absolute atomic E-state index is 12.0. The minimum absolute atomic E-state index is 0.0766. The number of hydrogen-bond donors (Lipinski definition) is 3. The molecule has 0 unspecified atom stereocenters. The number of benzene rings is 2. The summed E-state index contributed by atoms with van der Waals surface area (Å²) in [5, 5.41) is 28.5. The Balaban J connectivity index is 2.11. The van der Waals surface area contributed by atoms with Gasteiger partial charge in [0.15, 0.2) is 23.0 Å². The van der Waals surface area contributed by atoms with Crippen molar-refractivity contribution >= 4 is 18.0 Å². The molecule has 1 heterocycles. The highest BCUT2D eigenvalue weighted by atomic mass is 16.5. The van der Waals surface area contributed by atoms with Crippen molar-refractivity contribution in [3.05, 3.63) is 53.1 Å². The van der Waals surface area contributed by atoms with Crippen LogP contribution >= 0.6 is 0 Å². The molecule has 3 rings (SSSR count). The zero-order valence-electron chi connectivity index (χ0n) is 15.1. The number of carbonyl (C=O) groups is 2. The Bertz CT molecular complexity index is 963. The van der Waals surface area contributed by atoms with Crippen molar-refractivity contribution in [3.63, 3.8) is 0 Å². The number of methoxy groups -OCH3 is 2. The number of phenolic OH excluding ortho intramolecular Hbond substituents is 1. The lowest BCUT2D eigenvalue weighted by Crippen LogP contribution is -2.18. The zero-order chi connectivity index (χ0) is 20.4. The largest absolute Gasteiger partial charge is 0.504 e. The highest BCUT2D eigenvalue weighted by Gasteiger charge is 2.42. The molecular weight excluding hydrogens is 368 g/mol. The fourth-order valence-corrected chi connectivity index (χ4v) is 3.17. The number of carboxylic acid groups (broad SMARTS) is 2. The first kappa shape index (κ1) is 19.1. The maximum Gasteiger partial charge on any atom is 0.328 e. The Kier molecular flexibility index (Phi) is 5.12. The second kappa shape index (κ2) is 7.51. The summed E-state index contributed by atoms with van der Waals surface area (Å²) in [5.74, 6) is -2.61. The summed E-state index contributed by atoms with van der Waals surface area (Å²) in [4.78, 5) is 22.8. The average Bonchev–Trinajstić information content (AvgIpc) is 3.05. The Hall–Kier alpha value is -3.68. The molecule has 8 heteroatoms. The molecule has 0 radical (unpaired) electrons. The van der Waals surface area contributed by atoms with Gasteiger partial charge in [-0.25, -0.2) is 4.79 Å². The summed E-state index contributed by atoms with van der Waals surface area (Å²) < 4.78 is 16.3. The summed E-state index contributed by atoms with van der Waals surface area (Å²) in [6, 6.07) is 7.60. The molecule has 1 aliphatic heterocycles. The topological polar surface area (TPSA) is 123 Å². The fraction of sp³-hybridized carbons (Fsp3) is 0.200. The third kappa shape index (κ3) is 3.44. The molecule has 0 bridgehead atoms. The van der Waals surface area contributed by atoms with E-state index in [1.165, 1.54) is 32.4 Å². The zero-order valence-corrected chi connectivity index (χ0v) is 15.1. The molecule has 3 N–H and O–H groups in total. The van der Waals surface area contributed by atoms with Gasteiger partial charge in [0.2, 0.25) is 0 Å². The molecule has 1 aliphatic rings. The van der Waals surface area contributed by atoms with E-state index in [1.54, 1.807) is 18.2 Å². The second-order valence-corrected chi connectivity index (χ2v) is 6.10. The molecule has 2 atom stereocenters. The van der Waals surface area contributed by atoms with Gasteiger partial charge in [-0.2, -0.15) is 0 Å². The van der Waals surface area contributed by atoms with Crippen LogP contribution in [0.2, 0.25) is 0 Å². The van der Waals surface area contributed by atoms with Gasteiger partial charge in [0.1, 0.15) is 12.0 Å². The van der Waals surface area contributed by atoms with Crippen LogP contribution in [0.15, 0.2) is 36.4 Å². The van der Waals surface area contributed by atoms with E-state index in [0.29, 0.717) is 22.4 Å². The molecule has 2 aromatic rings. The van der Waals surface area contributed by atoms with Crippen molar-refractivity contribution < 1.29 is 39.1 Å². The van der Waals surface area contributed by atoms with E-state index in [-0.39, 0.29) is 17.2 Å². The Morgan fingerprint density at radius 3 is 2.39 bits per heavy atom. The third-order valence-corrected chi connectivity index (χ3v) is 4.43. The van der Waals surface area contributed by atoms with Gasteiger partial charge in [0.25, 0.3) is 0 Å². The van der Waals surface area contributed by atoms with Crippen molar-refractivity contribution in [1.82, 2.24) is 0 Å². The number of aromatic hydroxyl groups is 1. The number of phenols is 1. The lowest BCUT2D eigenvalue weighted by molar-refractivity contribution is -0.140. The van der Waals surface area contributed by atoms with E-state index >= 15 is 0 Å². The first-order valence-corrected chi connectivity index (χ1v) is 8.25. The molecule has 0 aromatic heterocycles. The van der Waals surface area contributed by atoms with Crippen LogP contribution in [0, 0.1) is 0 Å². The van der Waals surface area contributed by atoms with E-state index in [1.807, 2.05) is 0 Å². The van der Waals surface area contributed by atoms with E-state index < -0.39 is 24.0 Å². The predicted molar refractivity (Wildman–Crippen MR) is 98.1 cm³/mol. The van der Waals surface area contributed by atoms with Crippen molar-refractivity contribution in [2.45, 2.75) is 12.0 Å². The second-order valence-electron chi connectivity index (χ2n) is 6.10. The van der Waals surface area contributed by atoms with Crippen LogP contribution in [0.4, 0.5) is 0 Å². The van der Waals surface area contributed by atoms with Crippen LogP contribution in [0.1, 0.15) is 28.7 Å². The summed E-state index contributed by atoms with van der Waals surface area (Å²) >= 11 is 0. The molecule has 8 nitrogen and oxygen atoms in total. The van der Waals surface area contributed by atoms with Crippen LogP contribution in [0.25, 0.3) is 6.08 Å². The summed E-state index contributed by atoms with van der Waals surface area (Å²) in [7, 11) is 2.80. The van der Waals surface area contributed by atoms with Crippen molar-refractivity contribution in [1.29, 1.82) is 0 Å². The minimum Gasteiger partial charge on any atom is -0.504 e. The van der Waals surface area contributed by atoms with Gasteiger partial charge >= 0.3 is 11.9 Å². The van der Waals surface area contributed by atoms with Crippen molar-refractivity contribution in [2.75, 3.05) is 14.2 Å². The van der Waals surface area contributed by atoms with Crippen molar-refractivity contribution in [3.8, 4) is 23.0 Å². The van der Waals surface area contributed by atoms with Gasteiger partial charge in [-0.05, 0) is 41.5 Å². The summed E-state index contributed by atoms with van der Waals surface area (Å²) in [5.41, 5.74) is 1.34. The number of ether oxygens (including phenoxy) is 3. The average molecular weight is 386 g/mol. The molecule has 2 aromatic carbocycles. The van der Waals surface area contributed by atoms with Gasteiger partial charge in [-0.3, -0.25) is 4.79 Å². The van der Waals surface area contributed by atoms with Crippen LogP contribution in [-0.2, 0) is 9.59 Å². The molecule has 0 amide bonds. The molecule has 0 spiro atoms. The number of carboxylic acids is 2. The molecule has 0 saturated heterocycles.